The fourth-order valence-electron chi connectivity index (χ4n) is 2.42. The Kier molecular flexibility index (Phi) is 3.34. The zero-order valence-electron chi connectivity index (χ0n) is 10.8. The van der Waals surface area contributed by atoms with E-state index in [2.05, 4.69) is 14.9 Å². The van der Waals surface area contributed by atoms with Crippen molar-refractivity contribution in [1.29, 1.82) is 0 Å². The Morgan fingerprint density at radius 1 is 1.10 bits per heavy atom. The topological polar surface area (TPSA) is 51.1 Å². The zero-order chi connectivity index (χ0) is 14.4. The minimum absolute atomic E-state index is 0.157. The van der Waals surface area contributed by atoms with Gasteiger partial charge in [-0.15, -0.1) is 11.3 Å². The molecule has 0 aliphatic carbocycles. The average Bonchev–Trinajstić information content (AvgIpc) is 2.86. The van der Waals surface area contributed by atoms with E-state index < -0.39 is 0 Å². The summed E-state index contributed by atoms with van der Waals surface area (Å²) in [5.41, 5.74) is 0.765. The molecule has 1 fully saturated rings. The summed E-state index contributed by atoms with van der Waals surface area (Å²) in [7, 11) is 0. The second-order valence-electron chi connectivity index (χ2n) is 4.68. The maximum absolute atomic E-state index is 6.14. The van der Waals surface area contributed by atoms with Crippen molar-refractivity contribution >= 4 is 60.8 Å². The number of pyridine rings is 1. The molecule has 8 heteroatoms. The molecule has 5 nitrogen and oxygen atoms in total. The predicted molar refractivity (Wildman–Crippen MR) is 85.8 cm³/mol. The Morgan fingerprint density at radius 3 is 2.71 bits per heavy atom. The SMILES string of the molecule is Clc1nc(Cl)c2sc3nc(N4CCOCC4)ccc3c2n1. The van der Waals surface area contributed by atoms with Crippen LogP contribution in [-0.2, 0) is 4.74 Å². The van der Waals surface area contributed by atoms with Crippen LogP contribution in [0.2, 0.25) is 10.4 Å². The number of hydrogen-bond acceptors (Lipinski definition) is 6. The number of rotatable bonds is 1. The van der Waals surface area contributed by atoms with Crippen molar-refractivity contribution in [3.63, 3.8) is 0 Å². The minimum Gasteiger partial charge on any atom is -0.378 e. The van der Waals surface area contributed by atoms with Crippen LogP contribution in [0.15, 0.2) is 12.1 Å². The lowest BCUT2D eigenvalue weighted by atomic mass is 10.3. The van der Waals surface area contributed by atoms with Gasteiger partial charge in [-0.1, -0.05) is 11.6 Å². The fraction of sp³-hybridized carbons (Fsp3) is 0.308. The summed E-state index contributed by atoms with van der Waals surface area (Å²) in [6.07, 6.45) is 0. The summed E-state index contributed by atoms with van der Waals surface area (Å²) < 4.78 is 6.19. The van der Waals surface area contributed by atoms with Crippen LogP contribution in [0.5, 0.6) is 0 Å². The number of halogens is 2. The number of hydrogen-bond donors (Lipinski definition) is 0. The molecule has 1 aliphatic rings. The van der Waals surface area contributed by atoms with Crippen LogP contribution in [0.4, 0.5) is 5.82 Å². The van der Waals surface area contributed by atoms with E-state index in [0.717, 1.165) is 52.6 Å². The molecular formula is C13H10Cl2N4OS. The summed E-state index contributed by atoms with van der Waals surface area (Å²) >= 11 is 13.5. The first-order valence-electron chi connectivity index (χ1n) is 6.47. The van der Waals surface area contributed by atoms with Gasteiger partial charge in [-0.05, 0) is 23.7 Å². The van der Waals surface area contributed by atoms with Crippen molar-refractivity contribution in [2.24, 2.45) is 0 Å². The smallest absolute Gasteiger partial charge is 0.224 e. The number of thiophene rings is 1. The van der Waals surface area contributed by atoms with Gasteiger partial charge in [0.25, 0.3) is 0 Å². The van der Waals surface area contributed by atoms with Gasteiger partial charge in [0.05, 0.1) is 23.4 Å². The lowest BCUT2D eigenvalue weighted by molar-refractivity contribution is 0.122. The molecule has 0 N–H and O–H groups in total. The van der Waals surface area contributed by atoms with Gasteiger partial charge in [-0.25, -0.2) is 15.0 Å². The molecule has 0 amide bonds. The summed E-state index contributed by atoms with van der Waals surface area (Å²) in [6, 6.07) is 4.02. The molecule has 1 aliphatic heterocycles. The van der Waals surface area contributed by atoms with Gasteiger partial charge in [-0.2, -0.15) is 0 Å². The standard InChI is InChI=1S/C13H10Cl2N4OS/c14-11-10-9(17-13(15)18-11)7-1-2-8(16-12(7)21-10)19-3-5-20-6-4-19/h1-2H,3-6H2. The normalized spacial score (nSPS) is 16.0. The van der Waals surface area contributed by atoms with Crippen LogP contribution >= 0.6 is 34.5 Å². The second kappa shape index (κ2) is 5.21. The first-order chi connectivity index (χ1) is 10.2. The highest BCUT2D eigenvalue weighted by molar-refractivity contribution is 7.25. The van der Waals surface area contributed by atoms with Gasteiger partial charge in [0, 0.05) is 18.5 Å². The Morgan fingerprint density at radius 2 is 1.90 bits per heavy atom. The Bertz CT molecular complexity index is 832. The van der Waals surface area contributed by atoms with Crippen LogP contribution in [-0.4, -0.2) is 41.3 Å². The van der Waals surface area contributed by atoms with Gasteiger partial charge in [-0.3, -0.25) is 0 Å². The number of aromatic nitrogens is 3. The van der Waals surface area contributed by atoms with Crippen LogP contribution in [0.1, 0.15) is 0 Å². The molecule has 1 saturated heterocycles. The lowest BCUT2D eigenvalue weighted by Crippen LogP contribution is -2.36. The number of morpholine rings is 1. The predicted octanol–water partition coefficient (Wildman–Crippen LogP) is 3.38. The van der Waals surface area contributed by atoms with E-state index in [0.29, 0.717) is 5.15 Å². The molecule has 4 heterocycles. The van der Waals surface area contributed by atoms with Crippen LogP contribution in [0.25, 0.3) is 20.4 Å². The highest BCUT2D eigenvalue weighted by atomic mass is 35.5. The van der Waals surface area contributed by atoms with Crippen molar-refractivity contribution < 1.29 is 4.74 Å². The first-order valence-corrected chi connectivity index (χ1v) is 8.04. The van der Waals surface area contributed by atoms with Crippen molar-refractivity contribution in [3.8, 4) is 0 Å². The van der Waals surface area contributed by atoms with Crippen molar-refractivity contribution in [2.45, 2.75) is 0 Å². The van der Waals surface area contributed by atoms with E-state index >= 15 is 0 Å². The van der Waals surface area contributed by atoms with Crippen molar-refractivity contribution in [2.75, 3.05) is 31.2 Å². The number of fused-ring (bicyclic) bond motifs is 3. The molecule has 0 aromatic carbocycles. The number of nitrogens with zero attached hydrogens (tertiary/aromatic N) is 4. The van der Waals surface area contributed by atoms with E-state index in [9.17, 15) is 0 Å². The fourth-order valence-corrected chi connectivity index (χ4v) is 3.91. The summed E-state index contributed by atoms with van der Waals surface area (Å²) in [5.74, 6) is 0.951. The van der Waals surface area contributed by atoms with E-state index in [1.807, 2.05) is 12.1 Å². The summed E-state index contributed by atoms with van der Waals surface area (Å²) in [5, 5.41) is 1.49. The zero-order valence-corrected chi connectivity index (χ0v) is 13.2. The molecule has 0 saturated carbocycles. The monoisotopic (exact) mass is 340 g/mol. The quantitative estimate of drug-likeness (QED) is 0.502. The molecule has 0 unspecified atom stereocenters. The number of anilines is 1. The maximum Gasteiger partial charge on any atom is 0.224 e. The second-order valence-corrected chi connectivity index (χ2v) is 6.38. The van der Waals surface area contributed by atoms with Gasteiger partial charge >= 0.3 is 0 Å². The Hall–Kier alpha value is -1.21. The van der Waals surface area contributed by atoms with Crippen LogP contribution in [0, 0.1) is 0 Å². The average molecular weight is 341 g/mol. The van der Waals surface area contributed by atoms with E-state index in [-0.39, 0.29) is 5.28 Å². The Labute approximate surface area is 134 Å². The van der Waals surface area contributed by atoms with E-state index in [1.54, 1.807) is 0 Å². The van der Waals surface area contributed by atoms with Crippen molar-refractivity contribution in [3.05, 3.63) is 22.6 Å². The largest absolute Gasteiger partial charge is 0.378 e. The van der Waals surface area contributed by atoms with E-state index in [4.69, 9.17) is 32.9 Å². The lowest BCUT2D eigenvalue weighted by Gasteiger charge is -2.27. The third-order valence-corrected chi connectivity index (χ3v) is 5.08. The molecule has 0 spiro atoms. The molecule has 3 aromatic rings. The molecule has 0 radical (unpaired) electrons. The third-order valence-electron chi connectivity index (χ3n) is 3.43. The molecule has 108 valence electrons. The molecule has 3 aromatic heterocycles. The van der Waals surface area contributed by atoms with Crippen LogP contribution in [0.3, 0.4) is 0 Å². The molecule has 0 bridgehead atoms. The Balaban J connectivity index is 1.88. The highest BCUT2D eigenvalue weighted by Crippen LogP contribution is 2.36. The summed E-state index contributed by atoms with van der Waals surface area (Å²) in [4.78, 5) is 16.1. The maximum atomic E-state index is 6.14. The van der Waals surface area contributed by atoms with E-state index in [1.165, 1.54) is 11.3 Å². The molecular weight excluding hydrogens is 331 g/mol. The number of ether oxygens (including phenoxy) is 1. The van der Waals surface area contributed by atoms with Crippen molar-refractivity contribution in [1.82, 2.24) is 15.0 Å². The van der Waals surface area contributed by atoms with Gasteiger partial charge in [0.2, 0.25) is 5.28 Å². The third kappa shape index (κ3) is 2.32. The summed E-state index contributed by atoms with van der Waals surface area (Å²) in [6.45, 7) is 3.18. The molecule has 4 rings (SSSR count). The van der Waals surface area contributed by atoms with Gasteiger partial charge in [0.15, 0.2) is 5.15 Å². The molecule has 0 atom stereocenters. The first kappa shape index (κ1) is 13.5. The van der Waals surface area contributed by atoms with Gasteiger partial charge in [0.1, 0.15) is 10.6 Å². The van der Waals surface area contributed by atoms with Gasteiger partial charge < -0.3 is 9.64 Å². The molecule has 21 heavy (non-hydrogen) atoms. The van der Waals surface area contributed by atoms with Crippen LogP contribution < -0.4 is 4.90 Å². The highest BCUT2D eigenvalue weighted by Gasteiger charge is 2.16. The minimum atomic E-state index is 0.157.